The third-order valence-corrected chi connectivity index (χ3v) is 4.38. The Hall–Kier alpha value is -2.34. The second kappa shape index (κ2) is 7.05. The van der Waals surface area contributed by atoms with Crippen LogP contribution in [0.25, 0.3) is 0 Å². The average molecular weight is 329 g/mol. The van der Waals surface area contributed by atoms with Gasteiger partial charge in [-0.05, 0) is 30.7 Å². The quantitative estimate of drug-likeness (QED) is 0.859. The lowest BCUT2D eigenvalue weighted by molar-refractivity contribution is -0.0210. The molecule has 24 heavy (non-hydrogen) atoms. The number of benzene rings is 1. The molecule has 2 heterocycles. The van der Waals surface area contributed by atoms with Crippen LogP contribution in [0.2, 0.25) is 0 Å². The van der Waals surface area contributed by atoms with Gasteiger partial charge >= 0.3 is 0 Å². The van der Waals surface area contributed by atoms with Crippen molar-refractivity contribution in [1.82, 2.24) is 14.7 Å². The number of nitrogens with zero attached hydrogens (tertiary/aromatic N) is 3. The molecule has 1 aromatic heterocycles. The third-order valence-electron chi connectivity index (χ3n) is 4.38. The van der Waals surface area contributed by atoms with E-state index >= 15 is 0 Å². The number of carbonyl (C=O) groups excluding carboxylic acids is 1. The maximum atomic E-state index is 12.6. The fraction of sp³-hybridized carbons (Fsp3) is 0.444. The summed E-state index contributed by atoms with van der Waals surface area (Å²) in [4.78, 5) is 14.5. The molecule has 0 unspecified atom stereocenters. The minimum absolute atomic E-state index is 0.000837. The van der Waals surface area contributed by atoms with Gasteiger partial charge in [-0.2, -0.15) is 5.10 Å². The highest BCUT2D eigenvalue weighted by atomic mass is 16.5. The SMILES string of the molecule is COc1ccc(C[C@H]2CN(C(=O)c3cc(C)n(C)n3)CCO2)cc1. The van der Waals surface area contributed by atoms with E-state index in [1.54, 1.807) is 11.8 Å². The molecule has 0 aliphatic carbocycles. The Labute approximate surface area is 142 Å². The Morgan fingerprint density at radius 2 is 2.12 bits per heavy atom. The van der Waals surface area contributed by atoms with Crippen molar-refractivity contribution in [2.75, 3.05) is 26.8 Å². The molecule has 128 valence electrons. The number of rotatable bonds is 4. The largest absolute Gasteiger partial charge is 0.497 e. The number of amides is 1. The summed E-state index contributed by atoms with van der Waals surface area (Å²) in [5, 5.41) is 4.28. The van der Waals surface area contributed by atoms with E-state index in [1.807, 2.05) is 49.2 Å². The number of aryl methyl sites for hydroxylation is 2. The predicted molar refractivity (Wildman–Crippen MR) is 90.3 cm³/mol. The van der Waals surface area contributed by atoms with E-state index in [1.165, 1.54) is 5.56 Å². The number of hydrogen-bond acceptors (Lipinski definition) is 4. The van der Waals surface area contributed by atoms with Crippen LogP contribution >= 0.6 is 0 Å². The summed E-state index contributed by atoms with van der Waals surface area (Å²) in [5.74, 6) is 0.812. The van der Waals surface area contributed by atoms with Gasteiger partial charge in [0.2, 0.25) is 0 Å². The van der Waals surface area contributed by atoms with Gasteiger partial charge < -0.3 is 14.4 Å². The molecule has 0 spiro atoms. The van der Waals surface area contributed by atoms with Crippen LogP contribution in [-0.4, -0.2) is 53.5 Å². The Bertz CT molecular complexity index is 689. The van der Waals surface area contributed by atoms with Crippen LogP contribution in [0.15, 0.2) is 30.3 Å². The van der Waals surface area contributed by atoms with Gasteiger partial charge in [0, 0.05) is 32.3 Å². The van der Waals surface area contributed by atoms with Crippen molar-refractivity contribution in [3.05, 3.63) is 47.3 Å². The third kappa shape index (κ3) is 3.59. The molecule has 1 atom stereocenters. The molecule has 3 rings (SSSR count). The van der Waals surface area contributed by atoms with E-state index in [0.717, 1.165) is 17.9 Å². The lowest BCUT2D eigenvalue weighted by Crippen LogP contribution is -2.46. The van der Waals surface area contributed by atoms with Crippen LogP contribution in [0.5, 0.6) is 5.75 Å². The first-order valence-corrected chi connectivity index (χ1v) is 8.11. The first kappa shape index (κ1) is 16.5. The molecule has 2 aromatic rings. The highest BCUT2D eigenvalue weighted by Gasteiger charge is 2.26. The summed E-state index contributed by atoms with van der Waals surface area (Å²) < 4.78 is 12.7. The van der Waals surface area contributed by atoms with Gasteiger partial charge in [-0.3, -0.25) is 9.48 Å². The zero-order chi connectivity index (χ0) is 17.1. The van der Waals surface area contributed by atoms with Crippen molar-refractivity contribution in [3.8, 4) is 5.75 Å². The molecule has 1 aliphatic rings. The lowest BCUT2D eigenvalue weighted by Gasteiger charge is -2.32. The summed E-state index contributed by atoms with van der Waals surface area (Å²) in [6, 6.07) is 9.78. The smallest absolute Gasteiger partial charge is 0.274 e. The van der Waals surface area contributed by atoms with Gasteiger partial charge in [-0.15, -0.1) is 0 Å². The summed E-state index contributed by atoms with van der Waals surface area (Å²) in [6.45, 7) is 3.68. The number of morpholine rings is 1. The van der Waals surface area contributed by atoms with Crippen molar-refractivity contribution in [2.45, 2.75) is 19.4 Å². The minimum Gasteiger partial charge on any atom is -0.497 e. The van der Waals surface area contributed by atoms with Crippen LogP contribution in [0.4, 0.5) is 0 Å². The molecule has 1 amide bonds. The van der Waals surface area contributed by atoms with Gasteiger partial charge in [0.1, 0.15) is 5.75 Å². The zero-order valence-corrected chi connectivity index (χ0v) is 14.4. The second-order valence-electron chi connectivity index (χ2n) is 6.09. The predicted octanol–water partition coefficient (Wildman–Crippen LogP) is 1.82. The highest BCUT2D eigenvalue weighted by Crippen LogP contribution is 2.17. The van der Waals surface area contributed by atoms with Gasteiger partial charge in [-0.1, -0.05) is 12.1 Å². The van der Waals surface area contributed by atoms with E-state index in [-0.39, 0.29) is 12.0 Å². The summed E-state index contributed by atoms with van der Waals surface area (Å²) in [7, 11) is 3.50. The first-order valence-electron chi connectivity index (χ1n) is 8.11. The molecule has 1 fully saturated rings. The molecule has 0 N–H and O–H groups in total. The van der Waals surface area contributed by atoms with Crippen molar-refractivity contribution in [3.63, 3.8) is 0 Å². The standard InChI is InChI=1S/C18H23N3O3/c1-13-10-17(19-20(13)2)18(22)21-8-9-24-16(12-21)11-14-4-6-15(23-3)7-5-14/h4-7,10,16H,8-9,11-12H2,1-3H3/t16-/m0/s1. The van der Waals surface area contributed by atoms with Crippen LogP contribution < -0.4 is 4.74 Å². The van der Waals surface area contributed by atoms with Crippen molar-refractivity contribution in [1.29, 1.82) is 0 Å². The van der Waals surface area contributed by atoms with Crippen LogP contribution in [0, 0.1) is 6.92 Å². The first-order chi connectivity index (χ1) is 11.6. The van der Waals surface area contributed by atoms with Crippen molar-refractivity contribution in [2.24, 2.45) is 7.05 Å². The number of aromatic nitrogens is 2. The normalized spacial score (nSPS) is 17.8. The molecule has 1 aliphatic heterocycles. The van der Waals surface area contributed by atoms with E-state index in [4.69, 9.17) is 9.47 Å². The Balaban J connectivity index is 1.64. The number of methoxy groups -OCH3 is 1. The summed E-state index contributed by atoms with van der Waals surface area (Å²) in [5.41, 5.74) is 2.64. The van der Waals surface area contributed by atoms with Gasteiger partial charge in [0.05, 0.1) is 19.8 Å². The fourth-order valence-corrected chi connectivity index (χ4v) is 2.88. The van der Waals surface area contributed by atoms with Crippen molar-refractivity contribution < 1.29 is 14.3 Å². The molecule has 0 saturated carbocycles. The maximum Gasteiger partial charge on any atom is 0.274 e. The highest BCUT2D eigenvalue weighted by molar-refractivity contribution is 5.92. The molecule has 0 radical (unpaired) electrons. The number of carbonyl (C=O) groups is 1. The molecule has 6 heteroatoms. The number of hydrogen-bond donors (Lipinski definition) is 0. The fourth-order valence-electron chi connectivity index (χ4n) is 2.88. The van der Waals surface area contributed by atoms with Crippen LogP contribution in [0.3, 0.4) is 0 Å². The van der Waals surface area contributed by atoms with Gasteiger partial charge in [-0.25, -0.2) is 0 Å². The molecule has 6 nitrogen and oxygen atoms in total. The Morgan fingerprint density at radius 1 is 1.38 bits per heavy atom. The van der Waals surface area contributed by atoms with Crippen LogP contribution in [0.1, 0.15) is 21.7 Å². The molecule has 0 bridgehead atoms. The van der Waals surface area contributed by atoms with Crippen LogP contribution in [-0.2, 0) is 18.2 Å². The maximum absolute atomic E-state index is 12.6. The monoisotopic (exact) mass is 329 g/mol. The van der Waals surface area contributed by atoms with E-state index in [0.29, 0.717) is 25.4 Å². The lowest BCUT2D eigenvalue weighted by atomic mass is 10.1. The summed E-state index contributed by atoms with van der Waals surface area (Å²) >= 11 is 0. The topological polar surface area (TPSA) is 56.6 Å². The molecular formula is C18H23N3O3. The van der Waals surface area contributed by atoms with E-state index in [9.17, 15) is 4.79 Å². The summed E-state index contributed by atoms with van der Waals surface area (Å²) in [6.07, 6.45) is 0.774. The Morgan fingerprint density at radius 3 is 2.75 bits per heavy atom. The Kier molecular flexibility index (Phi) is 4.85. The molecular weight excluding hydrogens is 306 g/mol. The van der Waals surface area contributed by atoms with Crippen molar-refractivity contribution >= 4 is 5.91 Å². The van der Waals surface area contributed by atoms with E-state index < -0.39 is 0 Å². The van der Waals surface area contributed by atoms with Gasteiger partial charge in [0.25, 0.3) is 5.91 Å². The molecule has 1 saturated heterocycles. The molecule has 1 aromatic carbocycles. The zero-order valence-electron chi connectivity index (χ0n) is 14.4. The van der Waals surface area contributed by atoms with Gasteiger partial charge in [0.15, 0.2) is 5.69 Å². The number of ether oxygens (including phenoxy) is 2. The van der Waals surface area contributed by atoms with E-state index in [2.05, 4.69) is 5.10 Å². The average Bonchev–Trinajstić information content (AvgIpc) is 2.94. The minimum atomic E-state index is -0.0262. The second-order valence-corrected chi connectivity index (χ2v) is 6.09.